The van der Waals surface area contributed by atoms with Crippen LogP contribution in [0.5, 0.6) is 0 Å². The van der Waals surface area contributed by atoms with Crippen molar-refractivity contribution in [2.24, 2.45) is 11.8 Å². The lowest BCUT2D eigenvalue weighted by molar-refractivity contribution is -0.384. The molecule has 0 saturated carbocycles. The number of aliphatic hydroxyl groups excluding tert-OH is 1. The second-order valence-electron chi connectivity index (χ2n) is 6.08. The van der Waals surface area contributed by atoms with Crippen LogP contribution >= 0.6 is 0 Å². The molecule has 9 nitrogen and oxygen atoms in total. The molecular formula is C16H20N2O7. The van der Waals surface area contributed by atoms with Crippen LogP contribution in [0.4, 0.5) is 5.69 Å². The number of aliphatic hydroxyl groups is 1. The van der Waals surface area contributed by atoms with Gasteiger partial charge in [-0.05, 0) is 12.5 Å². The van der Waals surface area contributed by atoms with Crippen molar-refractivity contribution in [3.8, 4) is 0 Å². The van der Waals surface area contributed by atoms with E-state index in [1.165, 1.54) is 24.3 Å². The molecule has 4 unspecified atom stereocenters. The van der Waals surface area contributed by atoms with E-state index in [1.54, 1.807) is 13.8 Å². The zero-order valence-electron chi connectivity index (χ0n) is 13.9. The fourth-order valence-corrected chi connectivity index (χ4v) is 2.65. The molecule has 0 spiro atoms. The molecular weight excluding hydrogens is 332 g/mol. The van der Waals surface area contributed by atoms with E-state index in [-0.39, 0.29) is 36.6 Å². The van der Waals surface area contributed by atoms with Gasteiger partial charge in [-0.3, -0.25) is 19.8 Å². The average molecular weight is 352 g/mol. The van der Waals surface area contributed by atoms with Crippen LogP contribution in [0.25, 0.3) is 0 Å². The minimum Gasteiger partial charge on any atom is -0.396 e. The van der Waals surface area contributed by atoms with Gasteiger partial charge in [-0.15, -0.1) is 0 Å². The van der Waals surface area contributed by atoms with E-state index in [4.69, 9.17) is 9.78 Å². The number of β-lactam (4-membered cyclic amide) rings is 1. The van der Waals surface area contributed by atoms with Gasteiger partial charge in [-0.1, -0.05) is 19.1 Å². The van der Waals surface area contributed by atoms with Crippen molar-refractivity contribution in [2.75, 3.05) is 6.61 Å². The van der Waals surface area contributed by atoms with Crippen molar-refractivity contribution < 1.29 is 29.4 Å². The summed E-state index contributed by atoms with van der Waals surface area (Å²) in [6.45, 7) is 3.33. The summed E-state index contributed by atoms with van der Waals surface area (Å²) in [5, 5.41) is 22.4. The number of carbonyl (C=O) groups is 2. The van der Waals surface area contributed by atoms with Crippen LogP contribution in [0, 0.1) is 22.0 Å². The molecule has 1 aliphatic rings. The van der Waals surface area contributed by atoms with Crippen LogP contribution in [0.2, 0.25) is 0 Å². The van der Waals surface area contributed by atoms with Gasteiger partial charge in [0.15, 0.2) is 0 Å². The highest BCUT2D eigenvalue weighted by molar-refractivity contribution is 5.86. The fraction of sp³-hybridized carbons (Fsp3) is 0.500. The van der Waals surface area contributed by atoms with E-state index in [9.17, 15) is 24.8 Å². The average Bonchev–Trinajstić information content (AvgIpc) is 2.57. The number of hydrogen-bond acceptors (Lipinski definition) is 7. The van der Waals surface area contributed by atoms with Crippen molar-refractivity contribution in [3.05, 3.63) is 39.9 Å². The van der Waals surface area contributed by atoms with Gasteiger partial charge in [0.25, 0.3) is 5.69 Å². The first-order chi connectivity index (χ1) is 11.8. The summed E-state index contributed by atoms with van der Waals surface area (Å²) in [5.41, 5.74) is 0.474. The summed E-state index contributed by atoms with van der Waals surface area (Å²) in [7, 11) is 0. The Bertz CT molecular complexity index is 646. The number of nitro benzene ring substituents is 1. The Labute approximate surface area is 144 Å². The minimum absolute atomic E-state index is 0.0676. The molecule has 0 aliphatic carbocycles. The third kappa shape index (κ3) is 4.52. The monoisotopic (exact) mass is 352 g/mol. The molecule has 1 saturated heterocycles. The van der Waals surface area contributed by atoms with Gasteiger partial charge < -0.3 is 10.4 Å². The highest BCUT2D eigenvalue weighted by atomic mass is 17.2. The third-order valence-electron chi connectivity index (χ3n) is 4.19. The molecule has 4 atom stereocenters. The summed E-state index contributed by atoms with van der Waals surface area (Å²) in [5.74, 6) is -1.53. The van der Waals surface area contributed by atoms with E-state index in [2.05, 4.69) is 5.32 Å². The summed E-state index contributed by atoms with van der Waals surface area (Å²) >= 11 is 0. The van der Waals surface area contributed by atoms with Gasteiger partial charge >= 0.3 is 5.97 Å². The molecule has 2 N–H and O–H groups in total. The summed E-state index contributed by atoms with van der Waals surface area (Å²) in [6, 6.07) is 5.28. The molecule has 136 valence electrons. The number of non-ortho nitro benzene ring substituents is 1. The normalized spacial score (nSPS) is 21.6. The number of nitro groups is 1. The standard InChI is InChI=1S/C16H20N2O7/c1-9(8-19)15-14(16(21)17-15)10(2)24-25-13(20)7-11-3-5-12(6-4-11)18(22)23/h3-6,9-10,14-15,19H,7-8H2,1-2H3,(H,17,21). The van der Waals surface area contributed by atoms with E-state index in [0.29, 0.717) is 5.56 Å². The predicted molar refractivity (Wildman–Crippen MR) is 85.1 cm³/mol. The molecule has 1 fully saturated rings. The molecule has 25 heavy (non-hydrogen) atoms. The maximum absolute atomic E-state index is 11.8. The Morgan fingerprint density at radius 2 is 2.00 bits per heavy atom. The van der Waals surface area contributed by atoms with Crippen molar-refractivity contribution in [1.29, 1.82) is 0 Å². The summed E-state index contributed by atoms with van der Waals surface area (Å²) < 4.78 is 0. The van der Waals surface area contributed by atoms with Crippen LogP contribution in [-0.2, 0) is 25.8 Å². The van der Waals surface area contributed by atoms with Crippen LogP contribution in [-0.4, -0.2) is 40.7 Å². The number of nitrogens with one attached hydrogen (secondary N) is 1. The Kier molecular flexibility index (Phi) is 6.05. The van der Waals surface area contributed by atoms with Crippen LogP contribution in [0.3, 0.4) is 0 Å². The first kappa shape index (κ1) is 18.8. The molecule has 1 aliphatic heterocycles. The van der Waals surface area contributed by atoms with Crippen LogP contribution in [0.1, 0.15) is 19.4 Å². The lowest BCUT2D eigenvalue weighted by Gasteiger charge is -2.42. The highest BCUT2D eigenvalue weighted by Gasteiger charge is 2.46. The Balaban J connectivity index is 1.83. The topological polar surface area (TPSA) is 128 Å². The van der Waals surface area contributed by atoms with Crippen molar-refractivity contribution in [1.82, 2.24) is 5.32 Å². The van der Waals surface area contributed by atoms with Gasteiger partial charge in [0, 0.05) is 30.7 Å². The second-order valence-corrected chi connectivity index (χ2v) is 6.08. The fourth-order valence-electron chi connectivity index (χ4n) is 2.65. The van der Waals surface area contributed by atoms with Gasteiger partial charge in [0.05, 0.1) is 17.3 Å². The Morgan fingerprint density at radius 1 is 1.36 bits per heavy atom. The number of amides is 1. The molecule has 9 heteroatoms. The van der Waals surface area contributed by atoms with Crippen LogP contribution < -0.4 is 5.32 Å². The molecule has 1 aromatic carbocycles. The van der Waals surface area contributed by atoms with Crippen molar-refractivity contribution >= 4 is 17.6 Å². The van der Waals surface area contributed by atoms with E-state index in [1.807, 2.05) is 0 Å². The zero-order valence-corrected chi connectivity index (χ0v) is 13.9. The number of hydrogen-bond donors (Lipinski definition) is 2. The van der Waals surface area contributed by atoms with Gasteiger partial charge in [-0.25, -0.2) is 4.79 Å². The molecule has 1 aromatic rings. The first-order valence-electron chi connectivity index (χ1n) is 7.84. The number of nitrogens with zero attached hydrogens (tertiary/aromatic N) is 1. The van der Waals surface area contributed by atoms with E-state index < -0.39 is 22.9 Å². The first-order valence-corrected chi connectivity index (χ1v) is 7.84. The number of rotatable bonds is 8. The van der Waals surface area contributed by atoms with Gasteiger partial charge in [0.1, 0.15) is 6.10 Å². The Morgan fingerprint density at radius 3 is 2.52 bits per heavy atom. The quantitative estimate of drug-likeness (QED) is 0.306. The number of benzene rings is 1. The maximum atomic E-state index is 11.8. The molecule has 0 aromatic heterocycles. The highest BCUT2D eigenvalue weighted by Crippen LogP contribution is 2.27. The minimum atomic E-state index is -0.674. The third-order valence-corrected chi connectivity index (χ3v) is 4.19. The van der Waals surface area contributed by atoms with Gasteiger partial charge in [0.2, 0.25) is 5.91 Å². The summed E-state index contributed by atoms with van der Waals surface area (Å²) in [4.78, 5) is 43.3. The van der Waals surface area contributed by atoms with Crippen molar-refractivity contribution in [3.63, 3.8) is 0 Å². The molecule has 0 bridgehead atoms. The SMILES string of the molecule is CC(CO)C1NC(=O)C1C(C)OOC(=O)Cc1ccc([N+](=O)[O-])cc1. The van der Waals surface area contributed by atoms with E-state index in [0.717, 1.165) is 0 Å². The lowest BCUT2D eigenvalue weighted by atomic mass is 9.79. The molecule has 0 radical (unpaired) electrons. The maximum Gasteiger partial charge on any atom is 0.346 e. The second kappa shape index (κ2) is 8.04. The molecule has 1 amide bonds. The molecule has 1 heterocycles. The van der Waals surface area contributed by atoms with Crippen molar-refractivity contribution in [2.45, 2.75) is 32.4 Å². The predicted octanol–water partition coefficient (Wildman–Crippen LogP) is 0.744. The zero-order chi connectivity index (χ0) is 18.6. The molecule has 2 rings (SSSR count). The van der Waals surface area contributed by atoms with E-state index >= 15 is 0 Å². The van der Waals surface area contributed by atoms with Gasteiger partial charge in [-0.2, -0.15) is 4.89 Å². The largest absolute Gasteiger partial charge is 0.396 e. The smallest absolute Gasteiger partial charge is 0.346 e. The Hall–Kier alpha value is -2.52. The lowest BCUT2D eigenvalue weighted by Crippen LogP contribution is -2.65. The van der Waals surface area contributed by atoms with Crippen LogP contribution in [0.15, 0.2) is 24.3 Å². The summed E-state index contributed by atoms with van der Waals surface area (Å²) in [6.07, 6.45) is -0.772. The number of carbonyl (C=O) groups excluding carboxylic acids is 2.